The van der Waals surface area contributed by atoms with Crippen LogP contribution in [0.25, 0.3) is 0 Å². The van der Waals surface area contributed by atoms with Gasteiger partial charge in [0.05, 0.1) is 22.7 Å². The molecule has 2 aromatic rings. The van der Waals surface area contributed by atoms with E-state index in [9.17, 15) is 24.5 Å². The average Bonchev–Trinajstić information content (AvgIpc) is 2.84. The van der Waals surface area contributed by atoms with E-state index >= 15 is 0 Å². The minimum Gasteiger partial charge on any atom is -0.478 e. The van der Waals surface area contributed by atoms with E-state index in [4.69, 9.17) is 5.11 Å². The van der Waals surface area contributed by atoms with E-state index in [1.807, 2.05) is 0 Å². The molecule has 9 nitrogen and oxygen atoms in total. The summed E-state index contributed by atoms with van der Waals surface area (Å²) in [5.74, 6) is -2.53. The zero-order valence-corrected chi connectivity index (χ0v) is 12.6. The second-order valence-corrected chi connectivity index (χ2v) is 5.22. The lowest BCUT2D eigenvalue weighted by molar-refractivity contribution is -0.385. The molecule has 126 valence electrons. The first-order valence-corrected chi connectivity index (χ1v) is 7.11. The maximum atomic E-state index is 12.4. The van der Waals surface area contributed by atoms with Crippen LogP contribution in [-0.2, 0) is 0 Å². The molecule has 1 aliphatic rings. The Hall–Kier alpha value is -3.75. The van der Waals surface area contributed by atoms with Crippen LogP contribution in [0.1, 0.15) is 31.1 Å². The monoisotopic (exact) mass is 341 g/mol. The Labute approximate surface area is 140 Å². The van der Waals surface area contributed by atoms with Crippen molar-refractivity contribution in [3.63, 3.8) is 0 Å². The number of carbonyl (C=O) groups is 3. The van der Waals surface area contributed by atoms with E-state index < -0.39 is 28.4 Å². The summed E-state index contributed by atoms with van der Waals surface area (Å²) in [7, 11) is 0. The number of nitro benzene ring substituents is 1. The van der Waals surface area contributed by atoms with Crippen LogP contribution in [0.5, 0.6) is 0 Å². The van der Waals surface area contributed by atoms with Crippen molar-refractivity contribution in [2.75, 3.05) is 12.0 Å². The fourth-order valence-corrected chi connectivity index (χ4v) is 2.54. The van der Waals surface area contributed by atoms with Crippen molar-refractivity contribution in [3.05, 3.63) is 69.3 Å². The van der Waals surface area contributed by atoms with Gasteiger partial charge in [-0.15, -0.1) is 0 Å². The van der Waals surface area contributed by atoms with Gasteiger partial charge in [0.2, 0.25) is 0 Å². The first-order valence-electron chi connectivity index (χ1n) is 7.11. The summed E-state index contributed by atoms with van der Waals surface area (Å²) in [4.78, 5) is 46.9. The number of carbonyl (C=O) groups excluding carboxylic acids is 2. The second-order valence-electron chi connectivity index (χ2n) is 5.22. The molecule has 0 saturated heterocycles. The zero-order valence-electron chi connectivity index (χ0n) is 12.6. The van der Waals surface area contributed by atoms with Crippen molar-refractivity contribution < 1.29 is 24.4 Å². The van der Waals surface area contributed by atoms with Crippen molar-refractivity contribution in [3.8, 4) is 0 Å². The number of nitrogens with one attached hydrogen (secondary N) is 1. The number of aromatic carboxylic acids is 1. The molecule has 0 fully saturated rings. The lowest BCUT2D eigenvalue weighted by atomic mass is 10.1. The normalized spacial score (nSPS) is 12.9. The molecular formula is C16H11N3O6. The van der Waals surface area contributed by atoms with Gasteiger partial charge >= 0.3 is 5.97 Å². The van der Waals surface area contributed by atoms with Crippen molar-refractivity contribution in [2.24, 2.45) is 0 Å². The zero-order chi connectivity index (χ0) is 18.1. The molecule has 0 saturated carbocycles. The van der Waals surface area contributed by atoms with Gasteiger partial charge in [0, 0.05) is 11.8 Å². The van der Waals surface area contributed by atoms with Crippen LogP contribution in [0.2, 0.25) is 0 Å². The largest absolute Gasteiger partial charge is 0.478 e. The van der Waals surface area contributed by atoms with Crippen molar-refractivity contribution in [2.45, 2.75) is 0 Å². The van der Waals surface area contributed by atoms with Crippen molar-refractivity contribution >= 4 is 29.2 Å². The molecule has 2 N–H and O–H groups in total. The van der Waals surface area contributed by atoms with Crippen LogP contribution >= 0.6 is 0 Å². The minimum atomic E-state index is -1.11. The van der Waals surface area contributed by atoms with Gasteiger partial charge in [0.15, 0.2) is 0 Å². The number of carboxylic acid groups (broad SMARTS) is 1. The van der Waals surface area contributed by atoms with Crippen LogP contribution in [0, 0.1) is 10.1 Å². The van der Waals surface area contributed by atoms with Crippen LogP contribution in [0.15, 0.2) is 42.5 Å². The van der Waals surface area contributed by atoms with E-state index in [1.54, 1.807) is 6.07 Å². The smallest absolute Gasteiger partial charge is 0.335 e. The molecule has 0 aliphatic carbocycles. The molecule has 2 aromatic carbocycles. The molecule has 2 amide bonds. The Morgan fingerprint density at radius 3 is 2.56 bits per heavy atom. The van der Waals surface area contributed by atoms with Crippen molar-refractivity contribution in [1.82, 2.24) is 4.90 Å². The Bertz CT molecular complexity index is 924. The maximum Gasteiger partial charge on any atom is 0.335 e. The fraction of sp³-hybridized carbons (Fsp3) is 0.0625. The first kappa shape index (κ1) is 16.1. The molecule has 0 spiro atoms. The quantitative estimate of drug-likeness (QED) is 0.483. The SMILES string of the molecule is O=C(O)c1cccc(NCN2C(=O)c3cccc([N+](=O)[O-])c3C2=O)c1. The van der Waals surface area contributed by atoms with Gasteiger partial charge in [0.1, 0.15) is 5.56 Å². The third-order valence-electron chi connectivity index (χ3n) is 3.72. The highest BCUT2D eigenvalue weighted by Gasteiger charge is 2.40. The predicted molar refractivity (Wildman–Crippen MR) is 85.5 cm³/mol. The van der Waals surface area contributed by atoms with Crippen LogP contribution in [0.4, 0.5) is 11.4 Å². The van der Waals surface area contributed by atoms with E-state index in [2.05, 4.69) is 5.32 Å². The molecular weight excluding hydrogens is 330 g/mol. The van der Waals surface area contributed by atoms with Gasteiger partial charge in [0.25, 0.3) is 17.5 Å². The summed E-state index contributed by atoms with van der Waals surface area (Å²) >= 11 is 0. The van der Waals surface area contributed by atoms with E-state index in [-0.39, 0.29) is 23.4 Å². The number of hydrogen-bond acceptors (Lipinski definition) is 6. The number of rotatable bonds is 5. The van der Waals surface area contributed by atoms with Crippen LogP contribution < -0.4 is 5.32 Å². The molecule has 9 heteroatoms. The van der Waals surface area contributed by atoms with Gasteiger partial charge in [-0.3, -0.25) is 24.6 Å². The summed E-state index contributed by atoms with van der Waals surface area (Å²) in [6.07, 6.45) is 0. The summed E-state index contributed by atoms with van der Waals surface area (Å²) in [6, 6.07) is 9.70. The van der Waals surface area contributed by atoms with E-state index in [0.29, 0.717) is 5.69 Å². The van der Waals surface area contributed by atoms with Crippen LogP contribution in [0.3, 0.4) is 0 Å². The third kappa shape index (κ3) is 2.78. The van der Waals surface area contributed by atoms with Gasteiger partial charge in [-0.2, -0.15) is 0 Å². The van der Waals surface area contributed by atoms with Gasteiger partial charge < -0.3 is 10.4 Å². The number of amides is 2. The molecule has 0 bridgehead atoms. The second kappa shape index (κ2) is 6.04. The Morgan fingerprint density at radius 1 is 1.16 bits per heavy atom. The molecule has 3 rings (SSSR count). The first-order chi connectivity index (χ1) is 11.9. The molecule has 0 radical (unpaired) electrons. The van der Waals surface area contributed by atoms with Gasteiger partial charge in [-0.25, -0.2) is 4.79 Å². The molecule has 0 aromatic heterocycles. The highest BCUT2D eigenvalue weighted by atomic mass is 16.6. The number of imide groups is 1. The standard InChI is InChI=1S/C16H11N3O6/c20-14-11-5-2-6-12(19(24)25)13(11)15(21)18(14)8-17-10-4-1-3-9(7-10)16(22)23/h1-7,17H,8H2,(H,22,23). The summed E-state index contributed by atoms with van der Waals surface area (Å²) < 4.78 is 0. The van der Waals surface area contributed by atoms with Gasteiger partial charge in [-0.1, -0.05) is 12.1 Å². The number of anilines is 1. The third-order valence-corrected chi connectivity index (χ3v) is 3.72. The average molecular weight is 341 g/mol. The van der Waals surface area contributed by atoms with Gasteiger partial charge in [-0.05, 0) is 24.3 Å². The van der Waals surface area contributed by atoms with Crippen molar-refractivity contribution in [1.29, 1.82) is 0 Å². The molecule has 0 unspecified atom stereocenters. The number of benzene rings is 2. The Balaban J connectivity index is 1.83. The summed E-state index contributed by atoms with van der Waals surface area (Å²) in [5, 5.41) is 22.8. The molecule has 25 heavy (non-hydrogen) atoms. The Kier molecular flexibility index (Phi) is 3.89. The predicted octanol–water partition coefficient (Wildman–Crippen LogP) is 1.96. The number of fused-ring (bicyclic) bond motifs is 1. The molecule has 0 atom stereocenters. The summed E-state index contributed by atoms with van der Waals surface area (Å²) in [5.41, 5.74) is -0.251. The number of carboxylic acids is 1. The Morgan fingerprint density at radius 2 is 1.88 bits per heavy atom. The van der Waals surface area contributed by atoms with E-state index in [1.165, 1.54) is 30.3 Å². The molecule has 1 heterocycles. The highest BCUT2D eigenvalue weighted by Crippen LogP contribution is 2.30. The minimum absolute atomic E-state index is 0.0275. The lowest BCUT2D eigenvalue weighted by Gasteiger charge is -2.15. The number of hydrogen-bond donors (Lipinski definition) is 2. The highest BCUT2D eigenvalue weighted by molar-refractivity contribution is 6.23. The maximum absolute atomic E-state index is 12.4. The number of nitro groups is 1. The molecule has 1 aliphatic heterocycles. The topological polar surface area (TPSA) is 130 Å². The lowest BCUT2D eigenvalue weighted by Crippen LogP contribution is -2.34. The number of nitrogens with zero attached hydrogens (tertiary/aromatic N) is 2. The summed E-state index contributed by atoms with van der Waals surface area (Å²) in [6.45, 7) is -0.243. The van der Waals surface area contributed by atoms with E-state index in [0.717, 1.165) is 11.0 Å². The fourth-order valence-electron chi connectivity index (χ4n) is 2.54. The van der Waals surface area contributed by atoms with Crippen LogP contribution in [-0.4, -0.2) is 39.4 Å².